The molecule has 1 aliphatic rings. The molecule has 0 aliphatic heterocycles. The summed E-state index contributed by atoms with van der Waals surface area (Å²) in [6.45, 7) is 15.0. The predicted molar refractivity (Wildman–Crippen MR) is 123 cm³/mol. The van der Waals surface area contributed by atoms with Crippen molar-refractivity contribution in [3.8, 4) is 0 Å². The quantitative estimate of drug-likeness (QED) is 0.371. The zero-order valence-electron chi connectivity index (χ0n) is 18.7. The van der Waals surface area contributed by atoms with E-state index in [9.17, 15) is 4.79 Å². The van der Waals surface area contributed by atoms with E-state index in [-0.39, 0.29) is 16.6 Å². The lowest BCUT2D eigenvalue weighted by Crippen LogP contribution is -2.33. The number of carbonyl (C=O) groups is 1. The fourth-order valence-corrected chi connectivity index (χ4v) is 3.70. The van der Waals surface area contributed by atoms with Crippen LogP contribution in [0.1, 0.15) is 84.4 Å². The van der Waals surface area contributed by atoms with E-state index in [2.05, 4.69) is 77.1 Å². The number of carbonyl (C=O) groups excluding carboxylic acids is 1. The first-order chi connectivity index (χ1) is 13.1. The van der Waals surface area contributed by atoms with Crippen LogP contribution >= 0.6 is 0 Å². The molecule has 0 heterocycles. The molecule has 1 aliphatic carbocycles. The molecule has 28 heavy (non-hydrogen) atoms. The van der Waals surface area contributed by atoms with Crippen molar-refractivity contribution in [1.82, 2.24) is 0 Å². The fraction of sp³-hybridized carbons (Fsp3) is 0.444. The first kappa shape index (κ1) is 22.1. The van der Waals surface area contributed by atoms with Crippen LogP contribution in [0.25, 0.3) is 6.08 Å². The molecule has 0 radical (unpaired) electrons. The van der Waals surface area contributed by atoms with Gasteiger partial charge in [0.2, 0.25) is 0 Å². The van der Waals surface area contributed by atoms with E-state index in [0.29, 0.717) is 0 Å². The molecule has 1 nitrogen and oxygen atoms in total. The van der Waals surface area contributed by atoms with Gasteiger partial charge in [0.1, 0.15) is 0 Å². The molecule has 0 fully saturated rings. The summed E-state index contributed by atoms with van der Waals surface area (Å²) in [5, 5.41) is 0. The van der Waals surface area contributed by atoms with E-state index < -0.39 is 0 Å². The molecule has 0 saturated carbocycles. The predicted octanol–water partition coefficient (Wildman–Crippen LogP) is 7.48. The number of ketones is 1. The van der Waals surface area contributed by atoms with Crippen molar-refractivity contribution in [2.75, 3.05) is 0 Å². The third kappa shape index (κ3) is 5.44. The summed E-state index contributed by atoms with van der Waals surface area (Å²) in [5.41, 5.74) is 6.74. The molecule has 0 spiro atoms. The van der Waals surface area contributed by atoms with E-state index >= 15 is 0 Å². The molecule has 150 valence electrons. The topological polar surface area (TPSA) is 17.1 Å². The molecule has 0 bridgehead atoms. The summed E-state index contributed by atoms with van der Waals surface area (Å²) in [4.78, 5) is 11.3. The summed E-state index contributed by atoms with van der Waals surface area (Å²) in [6, 6.07) is 6.93. The fourth-order valence-electron chi connectivity index (χ4n) is 3.70. The maximum Gasteiger partial charge on any atom is 0.155 e. The zero-order valence-corrected chi connectivity index (χ0v) is 18.7. The Morgan fingerprint density at radius 2 is 1.61 bits per heavy atom. The third-order valence-corrected chi connectivity index (χ3v) is 6.10. The smallest absolute Gasteiger partial charge is 0.155 e. The standard InChI is InChI=1S/C27H36O/c1-8-22(14-13-20(2)21(3)28)11-9-10-12-23-15-16-24-25(19-23)27(6,7)18-17-26(24,4)5/h9-16,19H,8,17-18H2,1-7H3/b11-9+,12-10+,20-13+,22-14+. The SMILES string of the molecule is CCC(/C=C/C=C/c1ccc2c(c1)C(C)(C)CCC2(C)C)=C\C=C(/C)C(C)=O. The highest BCUT2D eigenvalue weighted by molar-refractivity contribution is 5.92. The number of allylic oxidation sites excluding steroid dienone is 7. The van der Waals surface area contributed by atoms with Gasteiger partial charge in [0.05, 0.1) is 0 Å². The van der Waals surface area contributed by atoms with Crippen molar-refractivity contribution < 1.29 is 4.79 Å². The highest BCUT2D eigenvalue weighted by Crippen LogP contribution is 2.45. The molecule has 1 aromatic carbocycles. The number of fused-ring (bicyclic) bond motifs is 1. The van der Waals surface area contributed by atoms with Crippen LogP contribution in [0, 0.1) is 0 Å². The molecule has 0 aromatic heterocycles. The van der Waals surface area contributed by atoms with E-state index in [0.717, 1.165) is 12.0 Å². The van der Waals surface area contributed by atoms with Crippen LogP contribution < -0.4 is 0 Å². The highest BCUT2D eigenvalue weighted by Gasteiger charge is 2.36. The molecule has 0 atom stereocenters. The number of hydrogen-bond donors (Lipinski definition) is 0. The van der Waals surface area contributed by atoms with E-state index in [1.807, 2.05) is 19.1 Å². The molecule has 0 amide bonds. The van der Waals surface area contributed by atoms with Crippen LogP contribution in [0.2, 0.25) is 0 Å². The Labute approximate surface area is 171 Å². The monoisotopic (exact) mass is 376 g/mol. The van der Waals surface area contributed by atoms with Crippen molar-refractivity contribution in [2.45, 2.75) is 78.6 Å². The van der Waals surface area contributed by atoms with Gasteiger partial charge in [0.25, 0.3) is 0 Å². The molecule has 0 unspecified atom stereocenters. The Balaban J connectivity index is 2.19. The van der Waals surface area contributed by atoms with Crippen molar-refractivity contribution in [3.05, 3.63) is 76.4 Å². The van der Waals surface area contributed by atoms with Crippen LogP contribution in [0.15, 0.2) is 59.7 Å². The van der Waals surface area contributed by atoms with E-state index in [1.165, 1.54) is 35.1 Å². The van der Waals surface area contributed by atoms with Gasteiger partial charge in [-0.2, -0.15) is 0 Å². The van der Waals surface area contributed by atoms with Crippen molar-refractivity contribution in [3.63, 3.8) is 0 Å². The summed E-state index contributed by atoms with van der Waals surface area (Å²) in [5.74, 6) is 0.120. The molecule has 0 N–H and O–H groups in total. The first-order valence-corrected chi connectivity index (χ1v) is 10.4. The highest BCUT2D eigenvalue weighted by atomic mass is 16.1. The number of Topliss-reactive ketones (excluding diaryl/α,β-unsaturated/α-hetero) is 1. The van der Waals surface area contributed by atoms with E-state index in [4.69, 9.17) is 0 Å². The van der Waals surface area contributed by atoms with Gasteiger partial charge in [0.15, 0.2) is 5.78 Å². The molecular formula is C27H36O. The van der Waals surface area contributed by atoms with Gasteiger partial charge in [-0.1, -0.05) is 89.3 Å². The minimum atomic E-state index is 0.120. The van der Waals surface area contributed by atoms with E-state index in [1.54, 1.807) is 6.92 Å². The number of rotatable bonds is 6. The third-order valence-electron chi connectivity index (χ3n) is 6.10. The summed E-state index contributed by atoms with van der Waals surface area (Å²) in [7, 11) is 0. The Bertz CT molecular complexity index is 841. The van der Waals surface area contributed by atoms with Gasteiger partial charge < -0.3 is 0 Å². The van der Waals surface area contributed by atoms with Gasteiger partial charge in [-0.15, -0.1) is 0 Å². The largest absolute Gasteiger partial charge is 0.295 e. The average Bonchev–Trinajstić information content (AvgIpc) is 2.64. The minimum Gasteiger partial charge on any atom is -0.295 e. The molecule has 1 aromatic rings. The Hall–Kier alpha value is -2.15. The second-order valence-corrected chi connectivity index (χ2v) is 9.29. The van der Waals surface area contributed by atoms with Gasteiger partial charge >= 0.3 is 0 Å². The maximum absolute atomic E-state index is 11.3. The van der Waals surface area contributed by atoms with Gasteiger partial charge in [-0.25, -0.2) is 0 Å². The summed E-state index contributed by atoms with van der Waals surface area (Å²) < 4.78 is 0. The van der Waals surface area contributed by atoms with Crippen LogP contribution in [0.3, 0.4) is 0 Å². The second-order valence-electron chi connectivity index (χ2n) is 9.29. The van der Waals surface area contributed by atoms with Crippen molar-refractivity contribution in [1.29, 1.82) is 0 Å². The Morgan fingerprint density at radius 3 is 2.21 bits per heavy atom. The molecular weight excluding hydrogens is 340 g/mol. The lowest BCUT2D eigenvalue weighted by atomic mass is 9.63. The molecule has 1 heteroatoms. The average molecular weight is 377 g/mol. The van der Waals surface area contributed by atoms with Crippen LogP contribution in [0.4, 0.5) is 0 Å². The zero-order chi connectivity index (χ0) is 20.9. The van der Waals surface area contributed by atoms with Crippen molar-refractivity contribution >= 4 is 11.9 Å². The Morgan fingerprint density at radius 1 is 0.964 bits per heavy atom. The van der Waals surface area contributed by atoms with Gasteiger partial charge in [-0.05, 0) is 71.8 Å². The normalized spacial score (nSPS) is 19.2. The maximum atomic E-state index is 11.3. The second kappa shape index (κ2) is 8.90. The lowest BCUT2D eigenvalue weighted by molar-refractivity contribution is -0.113. The number of hydrogen-bond acceptors (Lipinski definition) is 1. The van der Waals surface area contributed by atoms with Gasteiger partial charge in [-0.3, -0.25) is 4.79 Å². The lowest BCUT2D eigenvalue weighted by Gasteiger charge is -2.42. The number of benzene rings is 1. The van der Waals surface area contributed by atoms with Crippen LogP contribution in [-0.2, 0) is 15.6 Å². The minimum absolute atomic E-state index is 0.120. The molecule has 0 saturated heterocycles. The molecule has 2 rings (SSSR count). The first-order valence-electron chi connectivity index (χ1n) is 10.4. The summed E-state index contributed by atoms with van der Waals surface area (Å²) >= 11 is 0. The van der Waals surface area contributed by atoms with Crippen molar-refractivity contribution in [2.24, 2.45) is 0 Å². The van der Waals surface area contributed by atoms with Gasteiger partial charge in [0, 0.05) is 0 Å². The van der Waals surface area contributed by atoms with Crippen LogP contribution in [-0.4, -0.2) is 5.78 Å². The van der Waals surface area contributed by atoms with Crippen LogP contribution in [0.5, 0.6) is 0 Å². The Kier molecular flexibility index (Phi) is 7.04. The summed E-state index contributed by atoms with van der Waals surface area (Å²) in [6.07, 6.45) is 15.8.